The van der Waals surface area contributed by atoms with Gasteiger partial charge in [-0.25, -0.2) is 9.59 Å². The maximum Gasteiger partial charge on any atom is 0.415 e. The lowest BCUT2D eigenvalue weighted by atomic mass is 9.88. The molecule has 0 radical (unpaired) electrons. The van der Waals surface area contributed by atoms with E-state index in [4.69, 9.17) is 9.47 Å². The number of carbonyl (C=O) groups excluding carboxylic acids is 1. The van der Waals surface area contributed by atoms with Crippen molar-refractivity contribution in [3.05, 3.63) is 132 Å². The van der Waals surface area contributed by atoms with Crippen molar-refractivity contribution in [2.45, 2.75) is 44.6 Å². The minimum Gasteiger partial charge on any atom is -0.479 e. The number of ether oxygens (including phenoxy) is 2. The highest BCUT2D eigenvalue weighted by molar-refractivity contribution is 5.72. The smallest absolute Gasteiger partial charge is 0.415 e. The van der Waals surface area contributed by atoms with Crippen molar-refractivity contribution >= 4 is 12.1 Å². The zero-order chi connectivity index (χ0) is 28.9. The molecule has 1 unspecified atom stereocenters. The molecule has 1 atom stereocenters. The van der Waals surface area contributed by atoms with Gasteiger partial charge in [-0.1, -0.05) is 97.9 Å². The van der Waals surface area contributed by atoms with Crippen LogP contribution < -0.4 is 9.47 Å². The summed E-state index contributed by atoms with van der Waals surface area (Å²) in [6, 6.07) is 37.4. The highest BCUT2D eigenvalue weighted by Crippen LogP contribution is 2.28. The van der Waals surface area contributed by atoms with E-state index < -0.39 is 12.1 Å². The third-order valence-corrected chi connectivity index (χ3v) is 7.01. The van der Waals surface area contributed by atoms with E-state index in [1.54, 1.807) is 30.0 Å². The normalized spacial score (nSPS) is 11.6. The van der Waals surface area contributed by atoms with Gasteiger partial charge in [-0.2, -0.15) is 0 Å². The molecule has 212 valence electrons. The van der Waals surface area contributed by atoms with Crippen LogP contribution in [0.5, 0.6) is 11.5 Å². The first-order valence-electron chi connectivity index (χ1n) is 14.1. The number of carboxylic acid groups (broad SMARTS) is 1. The molecule has 0 bridgehead atoms. The first-order valence-corrected chi connectivity index (χ1v) is 14.1. The second-order valence-corrected chi connectivity index (χ2v) is 9.93. The lowest BCUT2D eigenvalue weighted by Crippen LogP contribution is -2.36. The van der Waals surface area contributed by atoms with Crippen molar-refractivity contribution in [3.8, 4) is 11.5 Å². The lowest BCUT2D eigenvalue weighted by Gasteiger charge is -2.25. The monoisotopic (exact) mass is 551 g/mol. The first-order chi connectivity index (χ1) is 20.0. The van der Waals surface area contributed by atoms with E-state index in [0.29, 0.717) is 43.9 Å². The number of carboxylic acids is 1. The quantitative estimate of drug-likeness (QED) is 0.175. The highest BCUT2D eigenvalue weighted by atomic mass is 16.6. The van der Waals surface area contributed by atoms with Gasteiger partial charge in [-0.15, -0.1) is 0 Å². The Bertz CT molecular complexity index is 1320. The Morgan fingerprint density at radius 1 is 0.756 bits per heavy atom. The summed E-state index contributed by atoms with van der Waals surface area (Å²) in [4.78, 5) is 26.5. The summed E-state index contributed by atoms with van der Waals surface area (Å²) in [6.45, 7) is 2.83. The van der Waals surface area contributed by atoms with Crippen LogP contribution in [-0.2, 0) is 11.2 Å². The van der Waals surface area contributed by atoms with Gasteiger partial charge in [0.15, 0.2) is 6.10 Å². The van der Waals surface area contributed by atoms with E-state index in [1.807, 2.05) is 72.8 Å². The molecule has 6 nitrogen and oxygen atoms in total. The fourth-order valence-electron chi connectivity index (χ4n) is 4.85. The molecule has 4 aromatic carbocycles. The third-order valence-electron chi connectivity index (χ3n) is 7.01. The topological polar surface area (TPSA) is 76.1 Å². The average Bonchev–Trinajstić information content (AvgIpc) is 3.00. The SMILES string of the molecule is CCC(Oc1cccc(CCCN(CCC(c2ccccc2)c2ccccc2)C(=O)Oc2ccccc2)c1)C(=O)O. The molecule has 4 rings (SSSR count). The van der Waals surface area contributed by atoms with E-state index in [1.165, 1.54) is 11.1 Å². The van der Waals surface area contributed by atoms with Crippen molar-refractivity contribution in [1.82, 2.24) is 4.90 Å². The van der Waals surface area contributed by atoms with E-state index in [9.17, 15) is 14.7 Å². The van der Waals surface area contributed by atoms with E-state index >= 15 is 0 Å². The van der Waals surface area contributed by atoms with Crippen LogP contribution in [0.15, 0.2) is 115 Å². The molecule has 6 heteroatoms. The summed E-state index contributed by atoms with van der Waals surface area (Å²) in [5, 5.41) is 9.32. The van der Waals surface area contributed by atoms with Crippen molar-refractivity contribution in [2.24, 2.45) is 0 Å². The number of aliphatic carboxylic acids is 1. The molecule has 0 heterocycles. The van der Waals surface area contributed by atoms with Crippen molar-refractivity contribution in [2.75, 3.05) is 13.1 Å². The van der Waals surface area contributed by atoms with Gasteiger partial charge in [-0.3, -0.25) is 0 Å². The Labute approximate surface area is 242 Å². The van der Waals surface area contributed by atoms with Gasteiger partial charge < -0.3 is 19.5 Å². The van der Waals surface area contributed by atoms with Crippen molar-refractivity contribution < 1.29 is 24.2 Å². The van der Waals surface area contributed by atoms with Gasteiger partial charge in [0.1, 0.15) is 11.5 Å². The number of rotatable bonds is 14. The third kappa shape index (κ3) is 8.97. The van der Waals surface area contributed by atoms with Crippen LogP contribution in [0.4, 0.5) is 4.79 Å². The van der Waals surface area contributed by atoms with Crippen LogP contribution in [0, 0.1) is 0 Å². The van der Waals surface area contributed by atoms with Crippen LogP contribution in [0.1, 0.15) is 48.8 Å². The number of nitrogens with zero attached hydrogens (tertiary/aromatic N) is 1. The van der Waals surface area contributed by atoms with Crippen molar-refractivity contribution in [3.63, 3.8) is 0 Å². The number of benzene rings is 4. The second kappa shape index (κ2) is 15.3. The van der Waals surface area contributed by atoms with E-state index in [2.05, 4.69) is 24.3 Å². The molecule has 0 aliphatic rings. The molecular formula is C35H37NO5. The summed E-state index contributed by atoms with van der Waals surface area (Å²) < 4.78 is 11.4. The number of hydrogen-bond donors (Lipinski definition) is 1. The number of aryl methyl sites for hydroxylation is 1. The van der Waals surface area contributed by atoms with Gasteiger partial charge in [0, 0.05) is 19.0 Å². The van der Waals surface area contributed by atoms with Gasteiger partial charge in [0.05, 0.1) is 0 Å². The van der Waals surface area contributed by atoms with Gasteiger partial charge in [0.25, 0.3) is 0 Å². The maximum absolute atomic E-state index is 13.3. The fourth-order valence-corrected chi connectivity index (χ4v) is 4.85. The predicted octanol–water partition coefficient (Wildman–Crippen LogP) is 7.58. The largest absolute Gasteiger partial charge is 0.479 e. The number of hydrogen-bond acceptors (Lipinski definition) is 4. The minimum atomic E-state index is -0.977. The molecule has 0 aliphatic heterocycles. The summed E-state index contributed by atoms with van der Waals surface area (Å²) in [7, 11) is 0. The lowest BCUT2D eigenvalue weighted by molar-refractivity contribution is -0.145. The van der Waals surface area contributed by atoms with Gasteiger partial charge in [-0.05, 0) is 66.6 Å². The fraction of sp³-hybridized carbons (Fsp3) is 0.257. The second-order valence-electron chi connectivity index (χ2n) is 9.93. The molecule has 0 fully saturated rings. The molecular weight excluding hydrogens is 514 g/mol. The molecule has 41 heavy (non-hydrogen) atoms. The molecule has 0 saturated carbocycles. The molecule has 0 saturated heterocycles. The molecule has 1 N–H and O–H groups in total. The van der Waals surface area contributed by atoms with Crippen LogP contribution in [-0.4, -0.2) is 41.3 Å². The van der Waals surface area contributed by atoms with Crippen LogP contribution in [0.25, 0.3) is 0 Å². The molecule has 1 amide bonds. The number of carbonyl (C=O) groups is 2. The summed E-state index contributed by atoms with van der Waals surface area (Å²) in [6.07, 6.45) is 1.29. The summed E-state index contributed by atoms with van der Waals surface area (Å²) in [5.74, 6) is 0.207. The Morgan fingerprint density at radius 2 is 1.34 bits per heavy atom. The van der Waals surface area contributed by atoms with Crippen LogP contribution >= 0.6 is 0 Å². The number of para-hydroxylation sites is 1. The minimum absolute atomic E-state index is 0.138. The zero-order valence-electron chi connectivity index (χ0n) is 23.4. The van der Waals surface area contributed by atoms with Gasteiger partial charge >= 0.3 is 12.1 Å². The van der Waals surface area contributed by atoms with E-state index in [-0.39, 0.29) is 12.0 Å². The molecule has 0 aliphatic carbocycles. The Balaban J connectivity index is 1.45. The zero-order valence-corrected chi connectivity index (χ0v) is 23.4. The van der Waals surface area contributed by atoms with Crippen molar-refractivity contribution in [1.29, 1.82) is 0 Å². The van der Waals surface area contributed by atoms with E-state index in [0.717, 1.165) is 12.0 Å². The average molecular weight is 552 g/mol. The molecule has 4 aromatic rings. The first kappa shape index (κ1) is 29.4. The highest BCUT2D eigenvalue weighted by Gasteiger charge is 2.21. The van der Waals surface area contributed by atoms with Crippen LogP contribution in [0.3, 0.4) is 0 Å². The van der Waals surface area contributed by atoms with Gasteiger partial charge in [0.2, 0.25) is 0 Å². The predicted molar refractivity (Wildman–Crippen MR) is 160 cm³/mol. The Kier molecular flexibility index (Phi) is 11.0. The molecule has 0 spiro atoms. The molecule has 0 aromatic heterocycles. The Morgan fingerprint density at radius 3 is 1.93 bits per heavy atom. The Hall–Kier alpha value is -4.58. The number of amides is 1. The maximum atomic E-state index is 13.3. The summed E-state index contributed by atoms with van der Waals surface area (Å²) >= 11 is 0. The summed E-state index contributed by atoms with van der Waals surface area (Å²) in [5.41, 5.74) is 3.43. The standard InChI is InChI=1S/C35H37NO5/c1-2-33(34(37)38)40-31-22-12-14-27(26-31)15-13-24-36(35(39)41-30-20-10-5-11-21-30)25-23-32(28-16-6-3-7-17-28)29-18-8-4-9-19-29/h3-12,14,16-22,26,32-33H,2,13,15,23-25H2,1H3,(H,37,38). The van der Waals surface area contributed by atoms with Crippen LogP contribution in [0.2, 0.25) is 0 Å².